The van der Waals surface area contributed by atoms with Gasteiger partial charge in [-0.05, 0) is 38.1 Å². The van der Waals surface area contributed by atoms with Gasteiger partial charge in [-0.2, -0.15) is 0 Å². The second kappa shape index (κ2) is 5.67. The molecule has 1 aromatic carbocycles. The van der Waals surface area contributed by atoms with E-state index in [1.54, 1.807) is 17.4 Å². The third kappa shape index (κ3) is 3.21. The molecule has 1 aromatic heterocycles. The van der Waals surface area contributed by atoms with Crippen LogP contribution in [-0.2, 0) is 0 Å². The van der Waals surface area contributed by atoms with E-state index < -0.39 is 0 Å². The Hall–Kier alpha value is -1.13. The van der Waals surface area contributed by atoms with Gasteiger partial charge < -0.3 is 0 Å². The van der Waals surface area contributed by atoms with E-state index >= 15 is 0 Å². The first kappa shape index (κ1) is 13.3. The maximum atomic E-state index is 13.0. The summed E-state index contributed by atoms with van der Waals surface area (Å²) in [7, 11) is 0. The number of halogens is 1. The average Bonchev–Trinajstić information content (AvgIpc) is 2.66. The summed E-state index contributed by atoms with van der Waals surface area (Å²) in [5.74, 6) is 0.182. The van der Waals surface area contributed by atoms with Crippen LogP contribution >= 0.6 is 23.1 Å². The number of rotatable bonds is 4. The van der Waals surface area contributed by atoms with Gasteiger partial charge in [-0.3, -0.25) is 4.79 Å². The smallest absolute Gasteiger partial charge is 0.174 e. The van der Waals surface area contributed by atoms with Crippen LogP contribution < -0.4 is 0 Å². The summed E-state index contributed by atoms with van der Waals surface area (Å²) < 4.78 is 13.0. The zero-order valence-electron chi connectivity index (χ0n) is 10.2. The first-order valence-corrected chi connectivity index (χ1v) is 7.35. The summed E-state index contributed by atoms with van der Waals surface area (Å²) in [5.41, 5.74) is 0.793. The number of thiophene rings is 1. The van der Waals surface area contributed by atoms with E-state index in [4.69, 9.17) is 0 Å². The molecule has 0 unspecified atom stereocenters. The quantitative estimate of drug-likeness (QED) is 0.607. The summed E-state index contributed by atoms with van der Waals surface area (Å²) in [5, 5.41) is 0. The average molecular weight is 280 g/mol. The molecule has 2 rings (SSSR count). The lowest BCUT2D eigenvalue weighted by molar-refractivity contribution is 0.102. The normalized spacial score (nSPS) is 10.6. The van der Waals surface area contributed by atoms with E-state index in [1.165, 1.54) is 23.9 Å². The number of hydrogen-bond donors (Lipinski definition) is 0. The van der Waals surface area contributed by atoms with E-state index in [2.05, 4.69) is 0 Å². The number of carbonyl (C=O) groups excluding carboxylic acids is 1. The molecular weight excluding hydrogens is 267 g/mol. The van der Waals surface area contributed by atoms with Crippen molar-refractivity contribution in [3.8, 4) is 0 Å². The molecule has 0 N–H and O–H groups in total. The number of carbonyl (C=O) groups is 1. The van der Waals surface area contributed by atoms with Crippen molar-refractivity contribution in [3.63, 3.8) is 0 Å². The number of Topliss-reactive ketones (excluding diaryl/α,β-unsaturated/α-hetero) is 1. The van der Waals surface area contributed by atoms with E-state index in [9.17, 15) is 9.18 Å². The predicted octanol–water partition coefficient (Wildman–Crippen LogP) is 4.48. The van der Waals surface area contributed by atoms with Crippen molar-refractivity contribution in [2.24, 2.45) is 0 Å². The zero-order valence-corrected chi connectivity index (χ0v) is 11.8. The molecule has 0 saturated heterocycles. The van der Waals surface area contributed by atoms with Gasteiger partial charge in [0.25, 0.3) is 0 Å². The number of ketones is 1. The van der Waals surface area contributed by atoms with Crippen LogP contribution in [0.25, 0.3) is 0 Å². The van der Waals surface area contributed by atoms with Crippen LogP contribution in [0, 0.1) is 19.7 Å². The number of aryl methyl sites for hydroxylation is 2. The van der Waals surface area contributed by atoms with Crippen LogP contribution in [0.4, 0.5) is 4.39 Å². The highest BCUT2D eigenvalue weighted by Crippen LogP contribution is 2.24. The molecule has 0 aliphatic carbocycles. The highest BCUT2D eigenvalue weighted by molar-refractivity contribution is 8.00. The molecular formula is C14H13FOS2. The fraction of sp³-hybridized carbons (Fsp3) is 0.214. The summed E-state index contributed by atoms with van der Waals surface area (Å²) in [6.07, 6.45) is 0. The fourth-order valence-electron chi connectivity index (χ4n) is 1.69. The number of hydrogen-bond acceptors (Lipinski definition) is 3. The van der Waals surface area contributed by atoms with Gasteiger partial charge in [0.2, 0.25) is 0 Å². The topological polar surface area (TPSA) is 17.1 Å². The lowest BCUT2D eigenvalue weighted by Crippen LogP contribution is -2.02. The highest BCUT2D eigenvalue weighted by Gasteiger charge is 2.12. The fourth-order valence-corrected chi connectivity index (χ4v) is 3.46. The van der Waals surface area contributed by atoms with Crippen LogP contribution in [0.5, 0.6) is 0 Å². The highest BCUT2D eigenvalue weighted by atomic mass is 32.2. The van der Waals surface area contributed by atoms with Crippen molar-refractivity contribution in [3.05, 3.63) is 51.5 Å². The number of benzene rings is 1. The van der Waals surface area contributed by atoms with Crippen molar-refractivity contribution in [1.29, 1.82) is 0 Å². The molecule has 18 heavy (non-hydrogen) atoms. The van der Waals surface area contributed by atoms with Gasteiger partial charge in [-0.25, -0.2) is 4.39 Å². The molecule has 1 heterocycles. The maximum Gasteiger partial charge on any atom is 0.174 e. The molecule has 0 amide bonds. The lowest BCUT2D eigenvalue weighted by Gasteiger charge is -2.01. The van der Waals surface area contributed by atoms with Crippen LogP contribution in [0.2, 0.25) is 0 Å². The second-order valence-corrected chi connectivity index (χ2v) is 6.51. The van der Waals surface area contributed by atoms with Crippen LogP contribution in [-0.4, -0.2) is 11.5 Å². The van der Waals surface area contributed by atoms with Gasteiger partial charge in [-0.1, -0.05) is 6.07 Å². The molecule has 0 saturated carbocycles. The van der Waals surface area contributed by atoms with E-state index in [1.807, 2.05) is 26.0 Å². The minimum atomic E-state index is -0.269. The van der Waals surface area contributed by atoms with Crippen molar-refractivity contribution >= 4 is 28.9 Å². The summed E-state index contributed by atoms with van der Waals surface area (Å²) >= 11 is 3.00. The van der Waals surface area contributed by atoms with Crippen LogP contribution in [0.15, 0.2) is 35.2 Å². The van der Waals surface area contributed by atoms with Gasteiger partial charge in [0.15, 0.2) is 5.78 Å². The Bertz CT molecular complexity index is 575. The van der Waals surface area contributed by atoms with Crippen molar-refractivity contribution in [2.45, 2.75) is 18.7 Å². The van der Waals surface area contributed by atoms with E-state index in [0.717, 1.165) is 20.2 Å². The van der Waals surface area contributed by atoms with Gasteiger partial charge >= 0.3 is 0 Å². The Morgan fingerprint density at radius 1 is 1.33 bits per heavy atom. The molecule has 0 radical (unpaired) electrons. The molecule has 94 valence electrons. The molecule has 0 aliphatic heterocycles. The Morgan fingerprint density at radius 3 is 2.72 bits per heavy atom. The minimum absolute atomic E-state index is 0.103. The monoisotopic (exact) mass is 280 g/mol. The largest absolute Gasteiger partial charge is 0.293 e. The molecule has 0 atom stereocenters. The van der Waals surface area contributed by atoms with Crippen molar-refractivity contribution < 1.29 is 9.18 Å². The lowest BCUT2D eigenvalue weighted by atomic mass is 10.2. The first-order chi connectivity index (χ1) is 8.56. The van der Waals surface area contributed by atoms with Crippen molar-refractivity contribution in [2.75, 3.05) is 5.75 Å². The van der Waals surface area contributed by atoms with Gasteiger partial charge in [-0.15, -0.1) is 23.1 Å². The predicted molar refractivity (Wildman–Crippen MR) is 75.2 cm³/mol. The van der Waals surface area contributed by atoms with Gasteiger partial charge in [0.05, 0.1) is 5.75 Å². The Morgan fingerprint density at radius 2 is 2.11 bits per heavy atom. The Labute approximate surface area is 114 Å². The van der Waals surface area contributed by atoms with Crippen molar-refractivity contribution in [1.82, 2.24) is 0 Å². The molecule has 0 bridgehead atoms. The first-order valence-electron chi connectivity index (χ1n) is 5.55. The third-order valence-corrected chi connectivity index (χ3v) is 4.47. The SMILES string of the molecule is Cc1cc(C(=O)CSc2cccc(F)c2)c(C)s1. The molecule has 0 aliphatic rings. The Kier molecular flexibility index (Phi) is 4.19. The van der Waals surface area contributed by atoms with Crippen LogP contribution in [0.1, 0.15) is 20.1 Å². The molecule has 0 spiro atoms. The molecule has 4 heteroatoms. The molecule has 2 aromatic rings. The Balaban J connectivity index is 2.03. The standard InChI is InChI=1S/C14H13FOS2/c1-9-6-13(10(2)18-9)14(16)8-17-12-5-3-4-11(15)7-12/h3-7H,8H2,1-2H3. The number of thioether (sulfide) groups is 1. The third-order valence-electron chi connectivity index (χ3n) is 2.51. The van der Waals surface area contributed by atoms with Gasteiger partial charge in [0.1, 0.15) is 5.82 Å². The summed E-state index contributed by atoms with van der Waals surface area (Å²) in [6, 6.07) is 8.24. The summed E-state index contributed by atoms with van der Waals surface area (Å²) in [4.78, 5) is 15.0. The minimum Gasteiger partial charge on any atom is -0.293 e. The zero-order chi connectivity index (χ0) is 13.1. The van der Waals surface area contributed by atoms with Crippen LogP contribution in [0.3, 0.4) is 0 Å². The van der Waals surface area contributed by atoms with E-state index in [0.29, 0.717) is 5.75 Å². The van der Waals surface area contributed by atoms with Gasteiger partial charge in [0, 0.05) is 20.2 Å². The molecule has 0 fully saturated rings. The molecule has 1 nitrogen and oxygen atoms in total. The summed E-state index contributed by atoms with van der Waals surface area (Å²) in [6.45, 7) is 3.95. The van der Waals surface area contributed by atoms with E-state index in [-0.39, 0.29) is 11.6 Å². The second-order valence-electron chi connectivity index (χ2n) is 4.00. The maximum absolute atomic E-state index is 13.0.